The van der Waals surface area contributed by atoms with Gasteiger partial charge in [-0.25, -0.2) is 14.6 Å². The molecule has 0 atom stereocenters. The highest BCUT2D eigenvalue weighted by atomic mass is 19.4. The summed E-state index contributed by atoms with van der Waals surface area (Å²) in [6.07, 6.45) is -3.23. The molecule has 0 radical (unpaired) electrons. The van der Waals surface area contributed by atoms with Crippen LogP contribution in [0.15, 0.2) is 18.3 Å². The molecule has 6 nitrogen and oxygen atoms in total. The normalized spacial score (nSPS) is 11.0. The molecule has 0 aliphatic carbocycles. The third-order valence-electron chi connectivity index (χ3n) is 2.25. The smallest absolute Gasteiger partial charge is 0.406 e. The van der Waals surface area contributed by atoms with Crippen LogP contribution in [0.25, 0.3) is 0 Å². The van der Waals surface area contributed by atoms with Gasteiger partial charge in [0.25, 0.3) is 0 Å². The molecule has 0 saturated heterocycles. The summed E-state index contributed by atoms with van der Waals surface area (Å²) in [6.45, 7) is -1.40. The number of pyridine rings is 1. The van der Waals surface area contributed by atoms with Crippen molar-refractivity contribution in [1.82, 2.24) is 15.2 Å². The quantitative estimate of drug-likeness (QED) is 0.880. The molecule has 0 bridgehead atoms. The Balaban J connectivity index is 2.50. The van der Waals surface area contributed by atoms with E-state index in [-0.39, 0.29) is 12.2 Å². The van der Waals surface area contributed by atoms with Gasteiger partial charge in [0.2, 0.25) is 0 Å². The second-order valence-corrected chi connectivity index (χ2v) is 3.99. The Kier molecular flexibility index (Phi) is 4.89. The van der Waals surface area contributed by atoms with Crippen LogP contribution in [0, 0.1) is 0 Å². The Labute approximate surface area is 112 Å². The van der Waals surface area contributed by atoms with E-state index >= 15 is 0 Å². The second-order valence-electron chi connectivity index (χ2n) is 3.99. The van der Waals surface area contributed by atoms with Crippen molar-refractivity contribution < 1.29 is 27.9 Å². The maximum absolute atomic E-state index is 12.1. The highest BCUT2D eigenvalue weighted by Crippen LogP contribution is 2.15. The van der Waals surface area contributed by atoms with Crippen molar-refractivity contribution in [2.75, 3.05) is 13.6 Å². The van der Waals surface area contributed by atoms with E-state index in [4.69, 9.17) is 5.11 Å². The largest absolute Gasteiger partial charge is 0.477 e. The minimum Gasteiger partial charge on any atom is -0.477 e. The number of carboxylic acid groups (broad SMARTS) is 1. The van der Waals surface area contributed by atoms with Gasteiger partial charge < -0.3 is 15.3 Å². The average molecular weight is 291 g/mol. The molecule has 0 aliphatic heterocycles. The van der Waals surface area contributed by atoms with Crippen molar-refractivity contribution in [3.05, 3.63) is 29.6 Å². The molecule has 1 rings (SSSR count). The summed E-state index contributed by atoms with van der Waals surface area (Å²) in [6, 6.07) is 1.77. The number of carbonyl (C=O) groups is 2. The van der Waals surface area contributed by atoms with Gasteiger partial charge in [0.05, 0.1) is 0 Å². The summed E-state index contributed by atoms with van der Waals surface area (Å²) in [7, 11) is 1.02. The Hall–Kier alpha value is -2.32. The van der Waals surface area contributed by atoms with Crippen LogP contribution in [0.1, 0.15) is 16.1 Å². The number of alkyl halides is 3. The number of rotatable bonds is 4. The molecule has 9 heteroatoms. The van der Waals surface area contributed by atoms with E-state index in [9.17, 15) is 22.8 Å². The number of hydrogen-bond acceptors (Lipinski definition) is 3. The first-order valence-corrected chi connectivity index (χ1v) is 5.43. The summed E-state index contributed by atoms with van der Waals surface area (Å²) >= 11 is 0. The molecule has 0 saturated carbocycles. The highest BCUT2D eigenvalue weighted by Gasteiger charge is 2.31. The molecule has 0 unspecified atom stereocenters. The molecule has 20 heavy (non-hydrogen) atoms. The second kappa shape index (κ2) is 6.22. The Bertz CT molecular complexity index is 488. The lowest BCUT2D eigenvalue weighted by Crippen LogP contribution is -2.42. The molecular weight excluding hydrogens is 279 g/mol. The molecule has 1 heterocycles. The van der Waals surface area contributed by atoms with E-state index in [0.717, 1.165) is 7.05 Å². The minimum atomic E-state index is -4.46. The first-order chi connectivity index (χ1) is 9.19. The number of hydrogen-bond donors (Lipinski definition) is 2. The molecule has 2 amide bonds. The Morgan fingerprint density at radius 2 is 2.05 bits per heavy atom. The molecule has 2 N–H and O–H groups in total. The van der Waals surface area contributed by atoms with E-state index in [1.165, 1.54) is 18.3 Å². The maximum atomic E-state index is 12.1. The van der Waals surface area contributed by atoms with Crippen LogP contribution in [0.5, 0.6) is 0 Å². The Morgan fingerprint density at radius 1 is 1.40 bits per heavy atom. The molecule has 1 aromatic rings. The van der Waals surface area contributed by atoms with Crippen LogP contribution in [0.3, 0.4) is 0 Å². The standard InChI is InChI=1S/C11H12F3N3O3/c1-17(6-11(12,13)14)10(20)16-5-7-2-3-8(9(18)19)15-4-7/h2-4H,5-6H2,1H3,(H,16,20)(H,18,19). The molecule has 0 aliphatic rings. The lowest BCUT2D eigenvalue weighted by Gasteiger charge is -2.19. The van der Waals surface area contributed by atoms with Crippen molar-refractivity contribution in [3.63, 3.8) is 0 Å². The lowest BCUT2D eigenvalue weighted by molar-refractivity contribution is -0.137. The molecule has 110 valence electrons. The number of carboxylic acids is 1. The van der Waals surface area contributed by atoms with Crippen LogP contribution >= 0.6 is 0 Å². The fourth-order valence-corrected chi connectivity index (χ4v) is 1.31. The predicted octanol–water partition coefficient (Wildman–Crippen LogP) is 1.48. The van der Waals surface area contributed by atoms with Gasteiger partial charge in [0.15, 0.2) is 0 Å². The summed E-state index contributed by atoms with van der Waals surface area (Å²) in [4.78, 5) is 26.0. The zero-order valence-electron chi connectivity index (χ0n) is 10.4. The number of aromatic carboxylic acids is 1. The van der Waals surface area contributed by atoms with Crippen LogP contribution in [0.2, 0.25) is 0 Å². The fraction of sp³-hybridized carbons (Fsp3) is 0.364. The number of urea groups is 1. The summed E-state index contributed by atoms with van der Waals surface area (Å²) in [5, 5.41) is 10.9. The van der Waals surface area contributed by atoms with Gasteiger partial charge in [0, 0.05) is 19.8 Å². The summed E-state index contributed by atoms with van der Waals surface area (Å²) < 4.78 is 36.2. The van der Waals surface area contributed by atoms with Gasteiger partial charge in [-0.1, -0.05) is 6.07 Å². The van der Waals surface area contributed by atoms with Crippen molar-refractivity contribution in [2.24, 2.45) is 0 Å². The molecule has 1 aromatic heterocycles. The third-order valence-corrected chi connectivity index (χ3v) is 2.25. The minimum absolute atomic E-state index is 0.0477. The first kappa shape index (κ1) is 15.7. The van der Waals surface area contributed by atoms with Crippen molar-refractivity contribution in [1.29, 1.82) is 0 Å². The Morgan fingerprint density at radius 3 is 2.50 bits per heavy atom. The zero-order chi connectivity index (χ0) is 15.3. The maximum Gasteiger partial charge on any atom is 0.406 e. The fourth-order valence-electron chi connectivity index (χ4n) is 1.31. The molecule has 0 fully saturated rings. The number of amides is 2. The van der Waals surface area contributed by atoms with E-state index in [2.05, 4.69) is 10.3 Å². The monoisotopic (exact) mass is 291 g/mol. The van der Waals surface area contributed by atoms with E-state index in [1.54, 1.807) is 0 Å². The van der Waals surface area contributed by atoms with Crippen molar-refractivity contribution in [3.8, 4) is 0 Å². The summed E-state index contributed by atoms with van der Waals surface area (Å²) in [5.74, 6) is -1.19. The summed E-state index contributed by atoms with van der Waals surface area (Å²) in [5.41, 5.74) is 0.318. The zero-order valence-corrected chi connectivity index (χ0v) is 10.4. The van der Waals surface area contributed by atoms with Crippen molar-refractivity contribution in [2.45, 2.75) is 12.7 Å². The van der Waals surface area contributed by atoms with Gasteiger partial charge in [-0.3, -0.25) is 0 Å². The topological polar surface area (TPSA) is 82.5 Å². The predicted molar refractivity (Wildman–Crippen MR) is 62.1 cm³/mol. The van der Waals surface area contributed by atoms with Crippen LogP contribution < -0.4 is 5.32 Å². The van der Waals surface area contributed by atoms with Gasteiger partial charge in [-0.15, -0.1) is 0 Å². The average Bonchev–Trinajstić information content (AvgIpc) is 2.34. The number of carbonyl (C=O) groups excluding carboxylic acids is 1. The van der Waals surface area contributed by atoms with E-state index in [0.29, 0.717) is 10.5 Å². The number of nitrogens with one attached hydrogen (secondary N) is 1. The van der Waals surface area contributed by atoms with Crippen LogP contribution in [-0.4, -0.2) is 46.8 Å². The van der Waals surface area contributed by atoms with Crippen LogP contribution in [-0.2, 0) is 6.54 Å². The molecule has 0 aromatic carbocycles. The molecular formula is C11H12F3N3O3. The number of halogens is 3. The van der Waals surface area contributed by atoms with Crippen LogP contribution in [0.4, 0.5) is 18.0 Å². The SMILES string of the molecule is CN(CC(F)(F)F)C(=O)NCc1ccc(C(=O)O)nc1. The number of aromatic nitrogens is 1. The highest BCUT2D eigenvalue weighted by molar-refractivity contribution is 5.85. The van der Waals surface area contributed by atoms with Gasteiger partial charge in [-0.05, 0) is 11.6 Å². The number of nitrogens with zero attached hydrogens (tertiary/aromatic N) is 2. The van der Waals surface area contributed by atoms with E-state index < -0.39 is 24.7 Å². The lowest BCUT2D eigenvalue weighted by atomic mass is 10.2. The van der Waals surface area contributed by atoms with Gasteiger partial charge in [0.1, 0.15) is 12.2 Å². The first-order valence-electron chi connectivity index (χ1n) is 5.43. The van der Waals surface area contributed by atoms with E-state index in [1.807, 2.05) is 0 Å². The third kappa shape index (κ3) is 5.12. The van der Waals surface area contributed by atoms with Gasteiger partial charge >= 0.3 is 18.2 Å². The van der Waals surface area contributed by atoms with Crippen molar-refractivity contribution >= 4 is 12.0 Å². The van der Waals surface area contributed by atoms with Gasteiger partial charge in [-0.2, -0.15) is 13.2 Å². The molecule has 0 spiro atoms.